The Balaban J connectivity index is 0.000000361. The number of benzene rings is 1. The number of nitrogen functional groups attached to an aromatic ring is 1. The third kappa shape index (κ3) is 3.76. The molecule has 0 amide bonds. The van der Waals surface area contributed by atoms with Gasteiger partial charge in [-0.25, -0.2) is 0 Å². The molecular weight excluding hydrogens is 266 g/mol. The van der Waals surface area contributed by atoms with Crippen LogP contribution >= 0.6 is 0 Å². The second kappa shape index (κ2) is 6.63. The minimum atomic E-state index is -0.833. The smallest absolute Gasteiger partial charge is 0.300 e. The van der Waals surface area contributed by atoms with Gasteiger partial charge in [0.1, 0.15) is 0 Å². The second-order valence-electron chi connectivity index (χ2n) is 5.43. The summed E-state index contributed by atoms with van der Waals surface area (Å²) in [6.07, 6.45) is 2.38. The largest absolute Gasteiger partial charge is 0.481 e. The first-order chi connectivity index (χ1) is 10.0. The van der Waals surface area contributed by atoms with E-state index in [1.54, 1.807) is 0 Å². The van der Waals surface area contributed by atoms with Gasteiger partial charge in [-0.1, -0.05) is 13.0 Å². The van der Waals surface area contributed by atoms with Crippen molar-refractivity contribution in [2.75, 3.05) is 18.8 Å². The summed E-state index contributed by atoms with van der Waals surface area (Å²) in [5.41, 5.74) is 10.7. The molecular formula is C16H23N3O2. The standard InChI is InChI=1S/C14H19N3.C2H4O2/c1-2-6-17-7-5-12-11-4-3-10(15)8-13(11)16-14(12)9-17;1-2(3)4/h3-4,8,16H,2,5-7,9,15H2,1H3;1H3,(H,3,4). The van der Waals surface area contributed by atoms with Gasteiger partial charge in [0.15, 0.2) is 0 Å². The third-order valence-electron chi connectivity index (χ3n) is 3.62. The van der Waals surface area contributed by atoms with Gasteiger partial charge >= 0.3 is 0 Å². The van der Waals surface area contributed by atoms with E-state index in [1.807, 2.05) is 12.1 Å². The van der Waals surface area contributed by atoms with Crippen LogP contribution in [-0.4, -0.2) is 34.0 Å². The highest BCUT2D eigenvalue weighted by atomic mass is 16.4. The topological polar surface area (TPSA) is 82.3 Å². The van der Waals surface area contributed by atoms with Crippen molar-refractivity contribution in [2.45, 2.75) is 33.2 Å². The Morgan fingerprint density at radius 2 is 2.19 bits per heavy atom. The molecule has 21 heavy (non-hydrogen) atoms. The van der Waals surface area contributed by atoms with Crippen LogP contribution in [0.3, 0.4) is 0 Å². The van der Waals surface area contributed by atoms with Crippen molar-refractivity contribution in [1.29, 1.82) is 0 Å². The number of nitrogens with zero attached hydrogens (tertiary/aromatic N) is 1. The molecule has 0 radical (unpaired) electrons. The summed E-state index contributed by atoms with van der Waals surface area (Å²) >= 11 is 0. The van der Waals surface area contributed by atoms with Crippen LogP contribution in [0.5, 0.6) is 0 Å². The van der Waals surface area contributed by atoms with Crippen LogP contribution < -0.4 is 5.73 Å². The molecule has 1 aromatic heterocycles. The number of H-pyrrole nitrogens is 1. The monoisotopic (exact) mass is 289 g/mol. The number of aromatic nitrogens is 1. The van der Waals surface area contributed by atoms with Crippen molar-refractivity contribution in [3.05, 3.63) is 29.5 Å². The van der Waals surface area contributed by atoms with E-state index >= 15 is 0 Å². The van der Waals surface area contributed by atoms with Crippen LogP contribution in [0.15, 0.2) is 18.2 Å². The molecule has 4 N–H and O–H groups in total. The Morgan fingerprint density at radius 1 is 1.48 bits per heavy atom. The first-order valence-corrected chi connectivity index (χ1v) is 7.32. The summed E-state index contributed by atoms with van der Waals surface area (Å²) in [6, 6.07) is 6.18. The number of hydrogen-bond acceptors (Lipinski definition) is 3. The molecule has 1 aliphatic heterocycles. The molecule has 1 aromatic carbocycles. The number of nitrogens with two attached hydrogens (primary N) is 1. The van der Waals surface area contributed by atoms with Crippen molar-refractivity contribution < 1.29 is 9.90 Å². The number of anilines is 1. The zero-order chi connectivity index (χ0) is 15.4. The molecule has 0 saturated heterocycles. The van der Waals surface area contributed by atoms with Crippen molar-refractivity contribution in [2.24, 2.45) is 0 Å². The summed E-state index contributed by atoms with van der Waals surface area (Å²) in [6.45, 7) is 6.74. The number of aromatic amines is 1. The third-order valence-corrected chi connectivity index (χ3v) is 3.62. The van der Waals surface area contributed by atoms with Gasteiger partial charge in [-0.05, 0) is 37.1 Å². The lowest BCUT2D eigenvalue weighted by Gasteiger charge is -2.26. The summed E-state index contributed by atoms with van der Waals surface area (Å²) in [5, 5.41) is 8.77. The maximum atomic E-state index is 9.00. The number of carboxylic acids is 1. The zero-order valence-corrected chi connectivity index (χ0v) is 12.6. The van der Waals surface area contributed by atoms with E-state index in [-0.39, 0.29) is 0 Å². The molecule has 2 heterocycles. The lowest BCUT2D eigenvalue weighted by atomic mass is 10.0. The van der Waals surface area contributed by atoms with Gasteiger partial charge in [0.25, 0.3) is 5.97 Å². The number of fused-ring (bicyclic) bond motifs is 3. The van der Waals surface area contributed by atoms with E-state index < -0.39 is 5.97 Å². The summed E-state index contributed by atoms with van der Waals surface area (Å²) < 4.78 is 0. The predicted molar refractivity (Wildman–Crippen MR) is 85.3 cm³/mol. The van der Waals surface area contributed by atoms with E-state index in [2.05, 4.69) is 22.9 Å². The minimum absolute atomic E-state index is 0.833. The van der Waals surface area contributed by atoms with Gasteiger partial charge in [-0.2, -0.15) is 0 Å². The maximum absolute atomic E-state index is 9.00. The highest BCUT2D eigenvalue weighted by Gasteiger charge is 2.19. The quantitative estimate of drug-likeness (QED) is 0.742. The molecule has 0 fully saturated rings. The Morgan fingerprint density at radius 3 is 2.86 bits per heavy atom. The Kier molecular flexibility index (Phi) is 4.85. The summed E-state index contributed by atoms with van der Waals surface area (Å²) in [7, 11) is 0. The van der Waals surface area contributed by atoms with Crippen LogP contribution in [0.4, 0.5) is 5.69 Å². The van der Waals surface area contributed by atoms with Gasteiger partial charge in [0.2, 0.25) is 0 Å². The van der Waals surface area contributed by atoms with Crippen LogP contribution in [0, 0.1) is 0 Å². The van der Waals surface area contributed by atoms with Gasteiger partial charge in [0.05, 0.1) is 0 Å². The predicted octanol–water partition coefficient (Wildman–Crippen LogP) is 2.61. The Labute approximate surface area is 124 Å². The van der Waals surface area contributed by atoms with E-state index in [1.165, 1.54) is 41.7 Å². The van der Waals surface area contributed by atoms with Gasteiger partial charge < -0.3 is 15.8 Å². The molecule has 5 heteroatoms. The molecule has 3 rings (SSSR count). The van der Waals surface area contributed by atoms with Gasteiger partial charge in [-0.3, -0.25) is 9.69 Å². The molecule has 114 valence electrons. The van der Waals surface area contributed by atoms with Crippen LogP contribution in [-0.2, 0) is 17.8 Å². The molecule has 0 spiro atoms. The second-order valence-corrected chi connectivity index (χ2v) is 5.43. The number of carbonyl (C=O) groups is 1. The van der Waals surface area contributed by atoms with Crippen LogP contribution in [0.2, 0.25) is 0 Å². The van der Waals surface area contributed by atoms with Crippen molar-refractivity contribution in [3.8, 4) is 0 Å². The summed E-state index contributed by atoms with van der Waals surface area (Å²) in [5.74, 6) is -0.833. The van der Waals surface area contributed by atoms with E-state index in [9.17, 15) is 0 Å². The molecule has 0 aliphatic carbocycles. The molecule has 0 saturated carbocycles. The highest BCUT2D eigenvalue weighted by molar-refractivity contribution is 5.87. The fourth-order valence-electron chi connectivity index (χ4n) is 2.83. The SMILES string of the molecule is CC(=O)O.CCCN1CCc2c([nH]c3cc(N)ccc23)C1. The van der Waals surface area contributed by atoms with E-state index in [0.717, 1.165) is 25.6 Å². The molecule has 5 nitrogen and oxygen atoms in total. The fraction of sp³-hybridized carbons (Fsp3) is 0.438. The first-order valence-electron chi connectivity index (χ1n) is 7.32. The summed E-state index contributed by atoms with van der Waals surface area (Å²) in [4.78, 5) is 15.0. The average molecular weight is 289 g/mol. The zero-order valence-electron chi connectivity index (χ0n) is 12.6. The van der Waals surface area contributed by atoms with Crippen LogP contribution in [0.25, 0.3) is 10.9 Å². The van der Waals surface area contributed by atoms with Gasteiger partial charge in [-0.15, -0.1) is 0 Å². The average Bonchev–Trinajstić information content (AvgIpc) is 2.74. The molecule has 0 atom stereocenters. The lowest BCUT2D eigenvalue weighted by Crippen LogP contribution is -2.30. The number of nitrogens with one attached hydrogen (secondary N) is 1. The molecule has 2 aromatic rings. The Hall–Kier alpha value is -2.01. The number of carboxylic acid groups (broad SMARTS) is 1. The van der Waals surface area contributed by atoms with Crippen molar-refractivity contribution in [3.63, 3.8) is 0 Å². The lowest BCUT2D eigenvalue weighted by molar-refractivity contribution is -0.134. The maximum Gasteiger partial charge on any atom is 0.300 e. The highest BCUT2D eigenvalue weighted by Crippen LogP contribution is 2.28. The van der Waals surface area contributed by atoms with Crippen molar-refractivity contribution in [1.82, 2.24) is 9.88 Å². The number of hydrogen-bond donors (Lipinski definition) is 3. The van der Waals surface area contributed by atoms with E-state index in [0.29, 0.717) is 0 Å². The number of rotatable bonds is 2. The van der Waals surface area contributed by atoms with E-state index in [4.69, 9.17) is 15.6 Å². The van der Waals surface area contributed by atoms with Crippen LogP contribution in [0.1, 0.15) is 31.5 Å². The molecule has 1 aliphatic rings. The van der Waals surface area contributed by atoms with Crippen molar-refractivity contribution >= 4 is 22.6 Å². The molecule has 0 unspecified atom stereocenters. The Bertz CT molecular complexity index is 630. The normalized spacial score (nSPS) is 14.4. The number of aliphatic carboxylic acids is 1. The fourth-order valence-corrected chi connectivity index (χ4v) is 2.83. The first kappa shape index (κ1) is 15.4. The molecule has 0 bridgehead atoms. The minimum Gasteiger partial charge on any atom is -0.481 e. The van der Waals surface area contributed by atoms with Gasteiger partial charge in [0, 0.05) is 42.3 Å².